The fourth-order valence-electron chi connectivity index (χ4n) is 2.52. The number of aromatic nitrogens is 2. The SMILES string of the molecule is Cc1cncc(-c2cccnc2-c2ccc(CS(=O)O)c(F)c2)c1. The minimum atomic E-state index is -2.08. The average molecular weight is 342 g/mol. The first-order chi connectivity index (χ1) is 11.5. The van der Waals surface area contributed by atoms with Gasteiger partial charge in [-0.15, -0.1) is 0 Å². The van der Waals surface area contributed by atoms with Crippen molar-refractivity contribution >= 4 is 11.1 Å². The van der Waals surface area contributed by atoms with Crippen LogP contribution in [0.4, 0.5) is 4.39 Å². The Morgan fingerprint density at radius 1 is 1.17 bits per heavy atom. The van der Waals surface area contributed by atoms with Crippen molar-refractivity contribution in [2.45, 2.75) is 12.7 Å². The molecule has 1 unspecified atom stereocenters. The monoisotopic (exact) mass is 342 g/mol. The molecule has 0 bridgehead atoms. The predicted molar refractivity (Wildman–Crippen MR) is 92.1 cm³/mol. The zero-order valence-electron chi connectivity index (χ0n) is 12.9. The third-order valence-electron chi connectivity index (χ3n) is 3.60. The molecule has 122 valence electrons. The van der Waals surface area contributed by atoms with Gasteiger partial charge in [-0.2, -0.15) is 0 Å². The fraction of sp³-hybridized carbons (Fsp3) is 0.111. The first-order valence-corrected chi connectivity index (χ1v) is 8.55. The van der Waals surface area contributed by atoms with Crippen LogP contribution in [-0.2, 0) is 16.8 Å². The first-order valence-electron chi connectivity index (χ1n) is 7.28. The van der Waals surface area contributed by atoms with Crippen molar-refractivity contribution in [1.82, 2.24) is 9.97 Å². The number of nitrogens with zero attached hydrogens (tertiary/aromatic N) is 2. The molecule has 1 N–H and O–H groups in total. The lowest BCUT2D eigenvalue weighted by Gasteiger charge is -2.10. The van der Waals surface area contributed by atoms with Crippen molar-refractivity contribution in [2.75, 3.05) is 0 Å². The largest absolute Gasteiger partial charge is 0.306 e. The van der Waals surface area contributed by atoms with Gasteiger partial charge in [0.25, 0.3) is 0 Å². The van der Waals surface area contributed by atoms with E-state index in [0.717, 1.165) is 16.7 Å². The van der Waals surface area contributed by atoms with Crippen LogP contribution in [0, 0.1) is 12.7 Å². The second-order valence-electron chi connectivity index (χ2n) is 5.42. The number of benzene rings is 1. The second-order valence-corrected chi connectivity index (χ2v) is 6.35. The fourth-order valence-corrected chi connectivity index (χ4v) is 3.02. The summed E-state index contributed by atoms with van der Waals surface area (Å²) in [5.74, 6) is -0.753. The van der Waals surface area contributed by atoms with Gasteiger partial charge in [0.15, 0.2) is 11.1 Å². The number of rotatable bonds is 4. The minimum Gasteiger partial charge on any atom is -0.306 e. The molecule has 0 saturated heterocycles. The Balaban J connectivity index is 2.08. The van der Waals surface area contributed by atoms with Crippen LogP contribution in [0.3, 0.4) is 0 Å². The van der Waals surface area contributed by atoms with E-state index in [0.29, 0.717) is 11.3 Å². The lowest BCUT2D eigenvalue weighted by Crippen LogP contribution is -1.98. The van der Waals surface area contributed by atoms with Crippen LogP contribution in [0.1, 0.15) is 11.1 Å². The zero-order valence-corrected chi connectivity index (χ0v) is 13.8. The third kappa shape index (κ3) is 3.55. The van der Waals surface area contributed by atoms with Crippen LogP contribution in [0.25, 0.3) is 22.4 Å². The maximum atomic E-state index is 14.2. The van der Waals surface area contributed by atoms with Gasteiger partial charge in [-0.05, 0) is 30.7 Å². The minimum absolute atomic E-state index is 0.203. The van der Waals surface area contributed by atoms with Crippen LogP contribution in [0.15, 0.2) is 55.0 Å². The number of pyridine rings is 2. The summed E-state index contributed by atoms with van der Waals surface area (Å²) in [6.07, 6.45) is 5.16. The van der Waals surface area contributed by atoms with Crippen molar-refractivity contribution in [3.8, 4) is 22.4 Å². The average Bonchev–Trinajstić information content (AvgIpc) is 2.56. The van der Waals surface area contributed by atoms with Crippen LogP contribution in [-0.4, -0.2) is 18.7 Å². The molecule has 3 rings (SSSR count). The summed E-state index contributed by atoms with van der Waals surface area (Å²) in [4.78, 5) is 8.58. The van der Waals surface area contributed by atoms with E-state index >= 15 is 0 Å². The van der Waals surface area contributed by atoms with Crippen molar-refractivity contribution in [1.29, 1.82) is 0 Å². The Bertz CT molecular complexity index is 915. The zero-order chi connectivity index (χ0) is 17.1. The number of hydrogen-bond acceptors (Lipinski definition) is 3. The maximum Gasteiger partial charge on any atom is 0.157 e. The van der Waals surface area contributed by atoms with Gasteiger partial charge in [-0.25, -0.2) is 8.60 Å². The molecule has 0 aliphatic heterocycles. The van der Waals surface area contributed by atoms with Crippen LogP contribution < -0.4 is 0 Å². The Hall–Kier alpha value is -2.44. The van der Waals surface area contributed by atoms with Gasteiger partial charge in [0.05, 0.1) is 11.4 Å². The van der Waals surface area contributed by atoms with E-state index in [2.05, 4.69) is 9.97 Å². The summed E-state index contributed by atoms with van der Waals surface area (Å²) in [5, 5.41) is 0. The molecule has 2 heterocycles. The standard InChI is InChI=1S/C18H15FN2O2S/c1-12-7-15(10-20-9-12)16-3-2-6-21-18(16)13-4-5-14(11-24(22)23)17(19)8-13/h2-10H,11H2,1H3,(H,22,23). The highest BCUT2D eigenvalue weighted by atomic mass is 32.2. The van der Waals surface area contributed by atoms with E-state index in [1.165, 1.54) is 12.1 Å². The lowest BCUT2D eigenvalue weighted by molar-refractivity contribution is 0.559. The highest BCUT2D eigenvalue weighted by Crippen LogP contribution is 2.31. The first kappa shape index (κ1) is 16.4. The van der Waals surface area contributed by atoms with Crippen LogP contribution in [0.5, 0.6) is 0 Å². The topological polar surface area (TPSA) is 63.1 Å². The number of aryl methyl sites for hydroxylation is 1. The van der Waals surface area contributed by atoms with Gasteiger partial charge in [0.1, 0.15) is 5.82 Å². The Morgan fingerprint density at radius 3 is 2.71 bits per heavy atom. The lowest BCUT2D eigenvalue weighted by atomic mass is 9.99. The molecule has 6 heteroatoms. The van der Waals surface area contributed by atoms with Crippen LogP contribution >= 0.6 is 0 Å². The molecular formula is C18H15FN2O2S. The van der Waals surface area contributed by atoms with E-state index in [9.17, 15) is 8.60 Å². The van der Waals surface area contributed by atoms with E-state index in [-0.39, 0.29) is 11.3 Å². The van der Waals surface area contributed by atoms with Gasteiger partial charge in [0, 0.05) is 40.8 Å². The molecule has 1 atom stereocenters. The summed E-state index contributed by atoms with van der Waals surface area (Å²) in [6.45, 7) is 1.95. The molecule has 24 heavy (non-hydrogen) atoms. The molecule has 0 fully saturated rings. The van der Waals surface area contributed by atoms with Crippen molar-refractivity contribution < 1.29 is 13.2 Å². The van der Waals surface area contributed by atoms with E-state index < -0.39 is 16.9 Å². The molecule has 0 spiro atoms. The van der Waals surface area contributed by atoms with Gasteiger partial charge in [0.2, 0.25) is 0 Å². The second kappa shape index (κ2) is 6.98. The molecule has 2 aromatic heterocycles. The molecule has 0 saturated carbocycles. The number of halogens is 1. The maximum absolute atomic E-state index is 14.2. The third-order valence-corrected chi connectivity index (χ3v) is 4.16. The van der Waals surface area contributed by atoms with E-state index in [1.807, 2.05) is 25.1 Å². The summed E-state index contributed by atoms with van der Waals surface area (Å²) >= 11 is -2.08. The van der Waals surface area contributed by atoms with Crippen LogP contribution in [0.2, 0.25) is 0 Å². The molecule has 0 radical (unpaired) electrons. The van der Waals surface area contributed by atoms with Gasteiger partial charge in [-0.1, -0.05) is 18.2 Å². The molecule has 0 aliphatic rings. The molecule has 0 amide bonds. The van der Waals surface area contributed by atoms with Crippen molar-refractivity contribution in [3.05, 3.63) is 71.9 Å². The molecule has 1 aromatic carbocycles. The van der Waals surface area contributed by atoms with Gasteiger partial charge < -0.3 is 4.55 Å². The Kier molecular flexibility index (Phi) is 4.78. The summed E-state index contributed by atoms with van der Waals surface area (Å²) in [6, 6.07) is 10.3. The normalized spacial score (nSPS) is 12.1. The molecular weight excluding hydrogens is 327 g/mol. The highest BCUT2D eigenvalue weighted by Gasteiger charge is 2.12. The summed E-state index contributed by atoms with van der Waals surface area (Å²) in [7, 11) is 0. The Morgan fingerprint density at radius 2 is 2.00 bits per heavy atom. The number of hydrogen-bond donors (Lipinski definition) is 1. The predicted octanol–water partition coefficient (Wildman–Crippen LogP) is 3.98. The molecule has 3 aromatic rings. The van der Waals surface area contributed by atoms with E-state index in [1.54, 1.807) is 24.7 Å². The van der Waals surface area contributed by atoms with Gasteiger partial charge in [-0.3, -0.25) is 9.97 Å². The molecule has 0 aliphatic carbocycles. The van der Waals surface area contributed by atoms with Gasteiger partial charge >= 0.3 is 0 Å². The molecule has 4 nitrogen and oxygen atoms in total. The Labute approximate surface area is 141 Å². The summed E-state index contributed by atoms with van der Waals surface area (Å²) < 4.78 is 34.0. The highest BCUT2D eigenvalue weighted by molar-refractivity contribution is 7.78. The summed E-state index contributed by atoms with van der Waals surface area (Å²) in [5.41, 5.74) is 4.23. The van der Waals surface area contributed by atoms with E-state index in [4.69, 9.17) is 4.55 Å². The smallest absolute Gasteiger partial charge is 0.157 e. The quantitative estimate of drug-likeness (QED) is 0.729. The van der Waals surface area contributed by atoms with Crippen molar-refractivity contribution in [2.24, 2.45) is 0 Å². The van der Waals surface area contributed by atoms with Crippen molar-refractivity contribution in [3.63, 3.8) is 0 Å².